The van der Waals surface area contributed by atoms with Gasteiger partial charge in [0.1, 0.15) is 0 Å². The molecule has 2 N–H and O–H groups in total. The molecule has 0 atom stereocenters. The molecule has 1 saturated heterocycles. The van der Waals surface area contributed by atoms with Gasteiger partial charge in [0.25, 0.3) is 5.91 Å². The molecule has 0 spiro atoms. The van der Waals surface area contributed by atoms with Crippen LogP contribution < -0.4 is 10.6 Å². The van der Waals surface area contributed by atoms with Crippen LogP contribution in [-0.2, 0) is 4.79 Å². The first-order valence-corrected chi connectivity index (χ1v) is 9.03. The van der Waals surface area contributed by atoms with Crippen molar-refractivity contribution in [2.45, 2.75) is 19.3 Å². The first-order chi connectivity index (χ1) is 12.6. The number of hydrogen-bond donors (Lipinski definition) is 2. The molecule has 0 aliphatic carbocycles. The maximum Gasteiger partial charge on any atom is 0.257 e. The topological polar surface area (TPSA) is 74.3 Å². The Hall–Kier alpha value is -2.44. The normalized spacial score (nSPS) is 14.7. The molecule has 136 valence electrons. The lowest BCUT2D eigenvalue weighted by molar-refractivity contribution is -0.117. The van der Waals surface area contributed by atoms with Crippen LogP contribution in [-0.4, -0.2) is 41.3 Å². The van der Waals surface area contributed by atoms with Gasteiger partial charge < -0.3 is 10.6 Å². The van der Waals surface area contributed by atoms with Crippen molar-refractivity contribution < 1.29 is 9.59 Å². The summed E-state index contributed by atoms with van der Waals surface area (Å²) in [6.45, 7) is 2.38. The molecule has 2 heterocycles. The smallest absolute Gasteiger partial charge is 0.257 e. The van der Waals surface area contributed by atoms with E-state index in [4.69, 9.17) is 11.6 Å². The van der Waals surface area contributed by atoms with Crippen LogP contribution in [0.5, 0.6) is 0 Å². The lowest BCUT2D eigenvalue weighted by Gasteiger charge is -2.25. The second kappa shape index (κ2) is 8.78. The number of halogens is 1. The number of carbonyl (C=O) groups is 2. The Bertz CT molecular complexity index is 773. The van der Waals surface area contributed by atoms with E-state index in [1.165, 1.54) is 18.8 Å². The molecule has 1 fully saturated rings. The number of amides is 2. The summed E-state index contributed by atoms with van der Waals surface area (Å²) in [5.41, 5.74) is 1.68. The van der Waals surface area contributed by atoms with Gasteiger partial charge in [-0.2, -0.15) is 0 Å². The zero-order valence-electron chi connectivity index (χ0n) is 14.4. The Kier molecular flexibility index (Phi) is 6.20. The van der Waals surface area contributed by atoms with E-state index in [0.29, 0.717) is 28.5 Å². The highest BCUT2D eigenvalue weighted by molar-refractivity contribution is 6.34. The van der Waals surface area contributed by atoms with Crippen LogP contribution in [0.4, 0.5) is 11.4 Å². The van der Waals surface area contributed by atoms with Crippen molar-refractivity contribution in [3.8, 4) is 0 Å². The summed E-state index contributed by atoms with van der Waals surface area (Å²) < 4.78 is 0. The Balaban J connectivity index is 1.54. The number of hydrogen-bond acceptors (Lipinski definition) is 4. The summed E-state index contributed by atoms with van der Waals surface area (Å²) >= 11 is 5.97. The Morgan fingerprint density at radius 3 is 2.31 bits per heavy atom. The number of pyridine rings is 1. The van der Waals surface area contributed by atoms with Crippen LogP contribution in [0, 0.1) is 0 Å². The highest BCUT2D eigenvalue weighted by Gasteiger charge is 2.14. The van der Waals surface area contributed by atoms with Crippen molar-refractivity contribution in [3.63, 3.8) is 0 Å². The maximum absolute atomic E-state index is 12.2. The molecular weight excluding hydrogens is 352 g/mol. The molecule has 0 radical (unpaired) electrons. The molecule has 3 rings (SSSR count). The van der Waals surface area contributed by atoms with Crippen molar-refractivity contribution in [2.24, 2.45) is 0 Å². The van der Waals surface area contributed by atoms with Gasteiger partial charge in [0, 0.05) is 23.8 Å². The molecule has 7 heteroatoms. The summed E-state index contributed by atoms with van der Waals surface area (Å²) in [4.78, 5) is 30.4. The fourth-order valence-electron chi connectivity index (χ4n) is 2.92. The number of aromatic nitrogens is 1. The summed E-state index contributed by atoms with van der Waals surface area (Å²) in [5, 5.41) is 5.96. The zero-order valence-corrected chi connectivity index (χ0v) is 15.1. The fourth-order valence-corrected chi connectivity index (χ4v) is 3.12. The molecule has 1 aliphatic rings. The van der Waals surface area contributed by atoms with Gasteiger partial charge in [0.15, 0.2) is 0 Å². The molecule has 26 heavy (non-hydrogen) atoms. The van der Waals surface area contributed by atoms with Crippen molar-refractivity contribution in [2.75, 3.05) is 30.3 Å². The summed E-state index contributed by atoms with van der Waals surface area (Å²) in [7, 11) is 0. The fraction of sp³-hybridized carbons (Fsp3) is 0.316. The molecule has 1 aromatic heterocycles. The highest BCUT2D eigenvalue weighted by atomic mass is 35.5. The largest absolute Gasteiger partial charge is 0.325 e. The average Bonchev–Trinajstić information content (AvgIpc) is 2.64. The number of likely N-dealkylation sites (tertiary alicyclic amines) is 1. The van der Waals surface area contributed by atoms with Gasteiger partial charge in [0.2, 0.25) is 5.91 Å². The quantitative estimate of drug-likeness (QED) is 0.843. The van der Waals surface area contributed by atoms with Crippen LogP contribution in [0.15, 0.2) is 42.7 Å². The van der Waals surface area contributed by atoms with Crippen LogP contribution in [0.25, 0.3) is 0 Å². The second-order valence-corrected chi connectivity index (χ2v) is 6.68. The first kappa shape index (κ1) is 18.4. The van der Waals surface area contributed by atoms with Gasteiger partial charge in [-0.05, 0) is 56.3 Å². The Labute approximate surface area is 157 Å². The molecule has 2 amide bonds. The average molecular weight is 373 g/mol. The van der Waals surface area contributed by atoms with Gasteiger partial charge in [-0.25, -0.2) is 0 Å². The van der Waals surface area contributed by atoms with Gasteiger partial charge >= 0.3 is 0 Å². The van der Waals surface area contributed by atoms with E-state index in [-0.39, 0.29) is 11.8 Å². The number of benzene rings is 1. The number of piperidine rings is 1. The van der Waals surface area contributed by atoms with Crippen molar-refractivity contribution in [3.05, 3.63) is 53.3 Å². The molecule has 0 unspecified atom stereocenters. The van der Waals surface area contributed by atoms with E-state index in [9.17, 15) is 9.59 Å². The van der Waals surface area contributed by atoms with Crippen molar-refractivity contribution in [1.82, 2.24) is 9.88 Å². The van der Waals surface area contributed by atoms with Gasteiger partial charge in [-0.3, -0.25) is 19.5 Å². The molecule has 2 aromatic rings. The molecule has 1 aromatic carbocycles. The number of nitrogens with one attached hydrogen (secondary N) is 2. The summed E-state index contributed by atoms with van der Waals surface area (Å²) in [5.74, 6) is -0.327. The maximum atomic E-state index is 12.2. The van der Waals surface area contributed by atoms with Crippen molar-refractivity contribution in [1.29, 1.82) is 0 Å². The lowest BCUT2D eigenvalue weighted by Crippen LogP contribution is -2.36. The van der Waals surface area contributed by atoms with Gasteiger partial charge in [-0.15, -0.1) is 0 Å². The zero-order chi connectivity index (χ0) is 18.4. The number of anilines is 2. The number of carbonyl (C=O) groups excluding carboxylic acids is 2. The Morgan fingerprint density at radius 2 is 1.65 bits per heavy atom. The minimum absolute atomic E-state index is 0.0211. The first-order valence-electron chi connectivity index (χ1n) is 8.65. The van der Waals surface area contributed by atoms with Crippen LogP contribution in [0.2, 0.25) is 5.02 Å². The second-order valence-electron chi connectivity index (χ2n) is 6.27. The van der Waals surface area contributed by atoms with E-state index in [1.807, 2.05) is 0 Å². The summed E-state index contributed by atoms with van der Waals surface area (Å²) in [6.07, 6.45) is 6.50. The number of nitrogens with zero attached hydrogens (tertiary/aromatic N) is 2. The van der Waals surface area contributed by atoms with Gasteiger partial charge in [0.05, 0.1) is 17.1 Å². The third-order valence-electron chi connectivity index (χ3n) is 4.26. The Morgan fingerprint density at radius 1 is 1.00 bits per heavy atom. The molecule has 0 bridgehead atoms. The molecular formula is C19H21ClN4O2. The highest BCUT2D eigenvalue weighted by Crippen LogP contribution is 2.18. The van der Waals surface area contributed by atoms with E-state index in [2.05, 4.69) is 20.5 Å². The van der Waals surface area contributed by atoms with Gasteiger partial charge in [-0.1, -0.05) is 18.0 Å². The van der Waals surface area contributed by atoms with E-state index >= 15 is 0 Å². The standard InChI is InChI=1S/C19H21ClN4O2/c20-17-12-21-9-8-16(17)19(26)23-15-6-4-14(5-7-15)22-18(25)13-24-10-2-1-3-11-24/h4-9,12H,1-3,10-11,13H2,(H,22,25)(H,23,26). The van der Waals surface area contributed by atoms with Crippen molar-refractivity contribution >= 4 is 34.8 Å². The molecule has 1 aliphatic heterocycles. The van der Waals surface area contributed by atoms with E-state index in [0.717, 1.165) is 25.9 Å². The predicted molar refractivity (Wildman–Crippen MR) is 103 cm³/mol. The van der Waals surface area contributed by atoms with E-state index < -0.39 is 0 Å². The summed E-state index contributed by atoms with van der Waals surface area (Å²) in [6, 6.07) is 8.57. The lowest BCUT2D eigenvalue weighted by atomic mass is 10.1. The minimum Gasteiger partial charge on any atom is -0.325 e. The predicted octanol–water partition coefficient (Wildman–Crippen LogP) is 3.41. The van der Waals surface area contributed by atoms with Crippen LogP contribution in [0.3, 0.4) is 0 Å². The molecule has 6 nitrogen and oxygen atoms in total. The molecule has 0 saturated carbocycles. The monoisotopic (exact) mass is 372 g/mol. The number of rotatable bonds is 5. The minimum atomic E-state index is -0.306. The van der Waals surface area contributed by atoms with E-state index in [1.54, 1.807) is 30.3 Å². The van der Waals surface area contributed by atoms with Crippen LogP contribution in [0.1, 0.15) is 29.6 Å². The SMILES string of the molecule is O=C(CN1CCCCC1)Nc1ccc(NC(=O)c2ccncc2Cl)cc1. The van der Waals surface area contributed by atoms with Crippen LogP contribution >= 0.6 is 11.6 Å². The third kappa shape index (κ3) is 5.03. The third-order valence-corrected chi connectivity index (χ3v) is 4.56.